The van der Waals surface area contributed by atoms with E-state index in [1.807, 2.05) is 12.5 Å². The lowest BCUT2D eigenvalue weighted by atomic mass is 10.5. The molecule has 0 saturated heterocycles. The van der Waals surface area contributed by atoms with Crippen molar-refractivity contribution in [1.29, 1.82) is 0 Å². The first-order valence-electron chi connectivity index (χ1n) is 5.89. The lowest BCUT2D eigenvalue weighted by molar-refractivity contribution is 0.262. The number of hydrogen-bond acceptors (Lipinski definition) is 6. The smallest absolute Gasteiger partial charge is 0.209 e. The third-order valence-electron chi connectivity index (χ3n) is 2.85. The summed E-state index contributed by atoms with van der Waals surface area (Å²) in [5.74, 6) is 0.794. The lowest BCUT2D eigenvalue weighted by Gasteiger charge is -2.05. The maximum atomic E-state index is 8.90. The van der Waals surface area contributed by atoms with Crippen molar-refractivity contribution in [2.24, 2.45) is 0 Å². The molecule has 0 aromatic carbocycles. The van der Waals surface area contributed by atoms with Crippen LogP contribution in [0.15, 0.2) is 17.7 Å². The van der Waals surface area contributed by atoms with E-state index in [0.717, 1.165) is 10.9 Å². The van der Waals surface area contributed by atoms with Crippen molar-refractivity contribution >= 4 is 11.8 Å². The molecule has 0 aliphatic heterocycles. The van der Waals surface area contributed by atoms with Crippen LogP contribution >= 0.6 is 11.8 Å². The Morgan fingerprint density at radius 3 is 3.11 bits per heavy atom. The molecule has 1 fully saturated rings. The number of nitrogens with zero attached hydrogens (tertiary/aromatic N) is 6. The van der Waals surface area contributed by atoms with Crippen LogP contribution < -0.4 is 0 Å². The molecule has 8 heteroatoms. The Morgan fingerprint density at radius 2 is 2.33 bits per heavy atom. The van der Waals surface area contributed by atoms with E-state index in [0.29, 0.717) is 12.6 Å². The monoisotopic (exact) mass is 266 g/mol. The number of aliphatic hydroxyl groups excluding tert-OH is 1. The molecule has 18 heavy (non-hydrogen) atoms. The molecule has 0 unspecified atom stereocenters. The molecule has 0 radical (unpaired) electrons. The van der Waals surface area contributed by atoms with Crippen molar-refractivity contribution in [2.75, 3.05) is 6.61 Å². The van der Waals surface area contributed by atoms with E-state index < -0.39 is 0 Å². The van der Waals surface area contributed by atoms with Crippen LogP contribution in [0.2, 0.25) is 0 Å². The number of imidazole rings is 1. The number of tetrazole rings is 1. The molecule has 1 aliphatic rings. The Balaban J connectivity index is 1.66. The minimum Gasteiger partial charge on any atom is -0.394 e. The van der Waals surface area contributed by atoms with Gasteiger partial charge in [-0.3, -0.25) is 0 Å². The summed E-state index contributed by atoms with van der Waals surface area (Å²) < 4.78 is 3.84. The van der Waals surface area contributed by atoms with Crippen molar-refractivity contribution < 1.29 is 5.11 Å². The van der Waals surface area contributed by atoms with Gasteiger partial charge in [0.05, 0.1) is 19.5 Å². The second kappa shape index (κ2) is 5.07. The Labute approximate surface area is 108 Å². The van der Waals surface area contributed by atoms with Gasteiger partial charge in [0.15, 0.2) is 0 Å². The zero-order chi connectivity index (χ0) is 12.4. The third kappa shape index (κ3) is 2.39. The average Bonchev–Trinajstić information content (AvgIpc) is 2.95. The second-order valence-corrected chi connectivity index (χ2v) is 5.16. The summed E-state index contributed by atoms with van der Waals surface area (Å²) in [5, 5.41) is 21.0. The first-order chi connectivity index (χ1) is 8.88. The van der Waals surface area contributed by atoms with Gasteiger partial charge in [0.2, 0.25) is 5.16 Å². The summed E-state index contributed by atoms with van der Waals surface area (Å²) in [6.45, 7) is 0.468. The van der Waals surface area contributed by atoms with Crippen LogP contribution in [0.25, 0.3) is 0 Å². The van der Waals surface area contributed by atoms with Crippen LogP contribution in [0.4, 0.5) is 0 Å². The molecule has 2 heterocycles. The van der Waals surface area contributed by atoms with E-state index in [2.05, 4.69) is 25.1 Å². The van der Waals surface area contributed by atoms with Crippen LogP contribution in [-0.2, 0) is 12.3 Å². The highest BCUT2D eigenvalue weighted by Gasteiger charge is 2.25. The van der Waals surface area contributed by atoms with Crippen LogP contribution in [0, 0.1) is 0 Å². The van der Waals surface area contributed by atoms with Gasteiger partial charge in [-0.2, -0.15) is 0 Å². The van der Waals surface area contributed by atoms with E-state index in [1.54, 1.807) is 16.4 Å². The topological polar surface area (TPSA) is 81.7 Å². The summed E-state index contributed by atoms with van der Waals surface area (Å²) >= 11 is 1.57. The first kappa shape index (κ1) is 11.7. The Kier molecular flexibility index (Phi) is 3.28. The highest BCUT2D eigenvalue weighted by Crippen LogP contribution is 2.36. The predicted octanol–water partition coefficient (Wildman–Crippen LogP) is 0.489. The van der Waals surface area contributed by atoms with Crippen molar-refractivity contribution in [3.8, 4) is 0 Å². The molecular weight excluding hydrogens is 252 g/mol. The van der Waals surface area contributed by atoms with E-state index in [9.17, 15) is 0 Å². The van der Waals surface area contributed by atoms with Gasteiger partial charge in [-0.25, -0.2) is 9.67 Å². The molecule has 0 amide bonds. The van der Waals surface area contributed by atoms with Crippen LogP contribution in [0.5, 0.6) is 0 Å². The maximum Gasteiger partial charge on any atom is 0.209 e. The van der Waals surface area contributed by atoms with Crippen LogP contribution in [-0.4, -0.2) is 41.5 Å². The number of rotatable bonds is 6. The van der Waals surface area contributed by atoms with E-state index in [-0.39, 0.29) is 6.61 Å². The largest absolute Gasteiger partial charge is 0.394 e. The molecule has 0 spiro atoms. The molecule has 1 aliphatic carbocycles. The quantitative estimate of drug-likeness (QED) is 0.766. The summed E-state index contributed by atoms with van der Waals surface area (Å²) in [5.41, 5.74) is 1.20. The maximum absolute atomic E-state index is 8.90. The van der Waals surface area contributed by atoms with Gasteiger partial charge in [0.1, 0.15) is 0 Å². The van der Waals surface area contributed by atoms with E-state index in [1.165, 1.54) is 18.5 Å². The standard InChI is InChI=1S/C10H14N6OS/c17-4-3-16-10(12-13-14-16)18-6-9-5-11-7-15(9)8-1-2-8/h5,7-8,17H,1-4,6H2. The van der Waals surface area contributed by atoms with Gasteiger partial charge >= 0.3 is 0 Å². The number of aromatic nitrogens is 6. The van der Waals surface area contributed by atoms with Gasteiger partial charge in [-0.1, -0.05) is 11.8 Å². The molecule has 1 N–H and O–H groups in total. The molecule has 96 valence electrons. The fourth-order valence-corrected chi connectivity index (χ4v) is 2.67. The number of hydrogen-bond donors (Lipinski definition) is 1. The number of thioether (sulfide) groups is 1. The highest BCUT2D eigenvalue weighted by molar-refractivity contribution is 7.98. The number of aliphatic hydroxyl groups is 1. The Morgan fingerprint density at radius 1 is 1.44 bits per heavy atom. The van der Waals surface area contributed by atoms with Gasteiger partial charge < -0.3 is 9.67 Å². The van der Waals surface area contributed by atoms with Gasteiger partial charge in [-0.15, -0.1) is 5.10 Å². The van der Waals surface area contributed by atoms with E-state index >= 15 is 0 Å². The minimum atomic E-state index is 0.0403. The zero-order valence-electron chi connectivity index (χ0n) is 9.81. The van der Waals surface area contributed by atoms with E-state index in [4.69, 9.17) is 5.11 Å². The SMILES string of the molecule is OCCn1nnnc1SCc1cncn1C1CC1. The molecule has 2 aromatic heterocycles. The van der Waals surface area contributed by atoms with Crippen molar-refractivity contribution in [3.05, 3.63) is 18.2 Å². The van der Waals surface area contributed by atoms with Crippen LogP contribution in [0.1, 0.15) is 24.6 Å². The summed E-state index contributed by atoms with van der Waals surface area (Å²) in [4.78, 5) is 4.19. The fraction of sp³-hybridized carbons (Fsp3) is 0.600. The fourth-order valence-electron chi connectivity index (χ4n) is 1.80. The molecule has 0 atom stereocenters. The molecule has 0 bridgehead atoms. The molecular formula is C10H14N6OS. The van der Waals surface area contributed by atoms with Gasteiger partial charge in [0.25, 0.3) is 0 Å². The Hall–Kier alpha value is -1.41. The molecule has 7 nitrogen and oxygen atoms in total. The molecule has 3 rings (SSSR count). The van der Waals surface area contributed by atoms with Crippen LogP contribution in [0.3, 0.4) is 0 Å². The lowest BCUT2D eigenvalue weighted by Crippen LogP contribution is -2.06. The molecule has 2 aromatic rings. The van der Waals surface area contributed by atoms with Crippen molar-refractivity contribution in [3.63, 3.8) is 0 Å². The third-order valence-corrected chi connectivity index (χ3v) is 3.84. The van der Waals surface area contributed by atoms with Crippen molar-refractivity contribution in [2.45, 2.75) is 36.3 Å². The summed E-state index contributed by atoms with van der Waals surface area (Å²) in [6.07, 6.45) is 6.28. The first-order valence-corrected chi connectivity index (χ1v) is 6.87. The summed E-state index contributed by atoms with van der Waals surface area (Å²) in [6, 6.07) is 0.636. The van der Waals surface area contributed by atoms with Crippen molar-refractivity contribution in [1.82, 2.24) is 29.8 Å². The second-order valence-electron chi connectivity index (χ2n) is 4.22. The Bertz CT molecular complexity index is 520. The van der Waals surface area contributed by atoms with Gasteiger partial charge in [0, 0.05) is 23.7 Å². The highest BCUT2D eigenvalue weighted by atomic mass is 32.2. The minimum absolute atomic E-state index is 0.0403. The zero-order valence-corrected chi connectivity index (χ0v) is 10.6. The average molecular weight is 266 g/mol. The normalized spacial score (nSPS) is 15.2. The molecule has 1 saturated carbocycles. The summed E-state index contributed by atoms with van der Waals surface area (Å²) in [7, 11) is 0. The predicted molar refractivity (Wildman–Crippen MR) is 65.0 cm³/mol. The van der Waals surface area contributed by atoms with Gasteiger partial charge in [-0.05, 0) is 23.3 Å².